The van der Waals surface area contributed by atoms with Gasteiger partial charge in [0, 0.05) is 12.6 Å². The molecule has 7 heteroatoms. The Morgan fingerprint density at radius 1 is 1.25 bits per heavy atom. The molecule has 2 N–H and O–H groups in total. The molecule has 2 unspecified atom stereocenters. The molecule has 1 fully saturated rings. The molecule has 7 nitrogen and oxygen atoms in total. The SMILES string of the molecule is COc1ccc(CNC(=O)C2CC2C(=O)Nc2cc(C)on2)cc1. The van der Waals surface area contributed by atoms with Crippen molar-refractivity contribution in [3.8, 4) is 5.75 Å². The average molecular weight is 329 g/mol. The van der Waals surface area contributed by atoms with Gasteiger partial charge < -0.3 is 19.9 Å². The van der Waals surface area contributed by atoms with Crippen molar-refractivity contribution in [2.45, 2.75) is 19.9 Å². The van der Waals surface area contributed by atoms with Crippen molar-refractivity contribution in [1.82, 2.24) is 10.5 Å². The van der Waals surface area contributed by atoms with Gasteiger partial charge >= 0.3 is 0 Å². The van der Waals surface area contributed by atoms with Gasteiger partial charge in [0.2, 0.25) is 11.8 Å². The van der Waals surface area contributed by atoms with E-state index in [2.05, 4.69) is 15.8 Å². The summed E-state index contributed by atoms with van der Waals surface area (Å²) in [5.74, 6) is 0.869. The highest BCUT2D eigenvalue weighted by molar-refractivity contribution is 5.99. The fraction of sp³-hybridized carbons (Fsp3) is 0.353. The van der Waals surface area contributed by atoms with E-state index in [1.54, 1.807) is 20.1 Å². The van der Waals surface area contributed by atoms with Crippen LogP contribution in [0, 0.1) is 18.8 Å². The van der Waals surface area contributed by atoms with Gasteiger partial charge in [-0.2, -0.15) is 0 Å². The quantitative estimate of drug-likeness (QED) is 0.844. The van der Waals surface area contributed by atoms with Crippen LogP contribution in [-0.4, -0.2) is 24.1 Å². The van der Waals surface area contributed by atoms with Crippen LogP contribution in [-0.2, 0) is 16.1 Å². The van der Waals surface area contributed by atoms with E-state index in [4.69, 9.17) is 9.26 Å². The number of benzene rings is 1. The molecule has 1 aromatic heterocycles. The maximum atomic E-state index is 12.1. The van der Waals surface area contributed by atoms with Gasteiger partial charge in [-0.05, 0) is 31.0 Å². The molecule has 1 aromatic carbocycles. The number of anilines is 1. The number of carbonyl (C=O) groups is 2. The number of nitrogens with zero attached hydrogens (tertiary/aromatic N) is 1. The first-order valence-corrected chi connectivity index (χ1v) is 7.71. The van der Waals surface area contributed by atoms with E-state index in [9.17, 15) is 9.59 Å². The maximum Gasteiger partial charge on any atom is 0.229 e. The number of aromatic nitrogens is 1. The summed E-state index contributed by atoms with van der Waals surface area (Å²) in [5, 5.41) is 9.22. The van der Waals surface area contributed by atoms with E-state index in [1.807, 2.05) is 24.3 Å². The largest absolute Gasteiger partial charge is 0.497 e. The summed E-state index contributed by atoms with van der Waals surface area (Å²) in [6.07, 6.45) is 0.553. The van der Waals surface area contributed by atoms with Crippen molar-refractivity contribution in [1.29, 1.82) is 0 Å². The smallest absolute Gasteiger partial charge is 0.229 e. The van der Waals surface area contributed by atoms with Crippen LogP contribution in [0.25, 0.3) is 0 Å². The first-order chi connectivity index (χ1) is 11.6. The molecule has 0 bridgehead atoms. The molecule has 126 valence electrons. The Hall–Kier alpha value is -2.83. The third-order valence-corrected chi connectivity index (χ3v) is 3.97. The van der Waals surface area contributed by atoms with Crippen LogP contribution >= 0.6 is 0 Å². The van der Waals surface area contributed by atoms with E-state index in [-0.39, 0.29) is 23.7 Å². The van der Waals surface area contributed by atoms with E-state index >= 15 is 0 Å². The van der Waals surface area contributed by atoms with E-state index < -0.39 is 0 Å². The lowest BCUT2D eigenvalue weighted by molar-refractivity contribution is -0.125. The fourth-order valence-corrected chi connectivity index (χ4v) is 2.48. The Labute approximate surface area is 139 Å². The topological polar surface area (TPSA) is 93.5 Å². The number of rotatable bonds is 6. The Bertz CT molecular complexity index is 739. The molecule has 1 aliphatic carbocycles. The summed E-state index contributed by atoms with van der Waals surface area (Å²) < 4.78 is 9.98. The van der Waals surface area contributed by atoms with Gasteiger partial charge in [0.05, 0.1) is 18.9 Å². The van der Waals surface area contributed by atoms with Crippen LogP contribution in [0.1, 0.15) is 17.7 Å². The number of methoxy groups -OCH3 is 1. The predicted molar refractivity (Wildman–Crippen MR) is 86.3 cm³/mol. The molecule has 0 radical (unpaired) electrons. The number of carbonyl (C=O) groups excluding carboxylic acids is 2. The van der Waals surface area contributed by atoms with Crippen molar-refractivity contribution in [3.05, 3.63) is 41.7 Å². The molecule has 1 heterocycles. The van der Waals surface area contributed by atoms with Gasteiger partial charge in [-0.15, -0.1) is 0 Å². The second-order valence-electron chi connectivity index (χ2n) is 5.83. The lowest BCUT2D eigenvalue weighted by Gasteiger charge is -2.06. The van der Waals surface area contributed by atoms with Gasteiger partial charge in [-0.3, -0.25) is 9.59 Å². The third-order valence-electron chi connectivity index (χ3n) is 3.97. The molecule has 0 aliphatic heterocycles. The second-order valence-corrected chi connectivity index (χ2v) is 5.83. The number of aryl methyl sites for hydroxylation is 1. The minimum atomic E-state index is -0.308. The highest BCUT2D eigenvalue weighted by Gasteiger charge is 2.48. The van der Waals surface area contributed by atoms with Crippen LogP contribution in [0.5, 0.6) is 5.75 Å². The zero-order valence-corrected chi connectivity index (χ0v) is 13.5. The molecule has 0 saturated heterocycles. The number of amides is 2. The Kier molecular flexibility index (Phi) is 4.50. The van der Waals surface area contributed by atoms with Crippen LogP contribution in [0.3, 0.4) is 0 Å². The highest BCUT2D eigenvalue weighted by atomic mass is 16.5. The normalized spacial score (nSPS) is 18.8. The van der Waals surface area contributed by atoms with E-state index in [0.29, 0.717) is 24.5 Å². The summed E-state index contributed by atoms with van der Waals surface area (Å²) >= 11 is 0. The average Bonchev–Trinajstić information content (AvgIpc) is 3.30. The van der Waals surface area contributed by atoms with Gasteiger partial charge in [0.1, 0.15) is 11.5 Å². The molecular weight excluding hydrogens is 310 g/mol. The monoisotopic (exact) mass is 329 g/mol. The van der Waals surface area contributed by atoms with Crippen molar-refractivity contribution in [2.75, 3.05) is 12.4 Å². The number of hydrogen-bond donors (Lipinski definition) is 2. The summed E-state index contributed by atoms with van der Waals surface area (Å²) in [4.78, 5) is 24.2. The lowest BCUT2D eigenvalue weighted by atomic mass is 10.2. The van der Waals surface area contributed by atoms with E-state index in [1.165, 1.54) is 0 Å². The van der Waals surface area contributed by atoms with Gasteiger partial charge in [0.15, 0.2) is 5.82 Å². The molecule has 0 spiro atoms. The Balaban J connectivity index is 1.45. The fourth-order valence-electron chi connectivity index (χ4n) is 2.48. The number of hydrogen-bond acceptors (Lipinski definition) is 5. The molecule has 2 atom stereocenters. The minimum absolute atomic E-state index is 0.109. The molecule has 2 aromatic rings. The summed E-state index contributed by atoms with van der Waals surface area (Å²) in [7, 11) is 1.61. The molecule has 2 amide bonds. The van der Waals surface area contributed by atoms with Gasteiger partial charge in [0.25, 0.3) is 0 Å². The maximum absolute atomic E-state index is 12.1. The van der Waals surface area contributed by atoms with Crippen molar-refractivity contribution < 1.29 is 18.8 Å². The lowest BCUT2D eigenvalue weighted by Crippen LogP contribution is -2.27. The Morgan fingerprint density at radius 3 is 2.58 bits per heavy atom. The van der Waals surface area contributed by atoms with Crippen molar-refractivity contribution >= 4 is 17.6 Å². The standard InChI is InChI=1S/C17H19N3O4/c1-10-7-15(20-24-10)19-17(22)14-8-13(14)16(21)18-9-11-3-5-12(23-2)6-4-11/h3-7,13-14H,8-9H2,1-2H3,(H,18,21)(H,19,20,22). The summed E-state index contributed by atoms with van der Waals surface area (Å²) in [6, 6.07) is 9.11. The number of nitrogens with one attached hydrogen (secondary N) is 2. The van der Waals surface area contributed by atoms with Crippen LogP contribution in [0.2, 0.25) is 0 Å². The van der Waals surface area contributed by atoms with Crippen molar-refractivity contribution in [2.24, 2.45) is 11.8 Å². The van der Waals surface area contributed by atoms with Crippen molar-refractivity contribution in [3.63, 3.8) is 0 Å². The van der Waals surface area contributed by atoms with Gasteiger partial charge in [-0.1, -0.05) is 17.3 Å². The molecular formula is C17H19N3O4. The zero-order chi connectivity index (χ0) is 17.1. The number of ether oxygens (including phenoxy) is 1. The molecule has 1 saturated carbocycles. The van der Waals surface area contributed by atoms with Crippen LogP contribution in [0.15, 0.2) is 34.9 Å². The zero-order valence-electron chi connectivity index (χ0n) is 13.5. The van der Waals surface area contributed by atoms with Crippen LogP contribution < -0.4 is 15.4 Å². The van der Waals surface area contributed by atoms with Crippen LogP contribution in [0.4, 0.5) is 5.82 Å². The molecule has 3 rings (SSSR count). The second kappa shape index (κ2) is 6.74. The highest BCUT2D eigenvalue weighted by Crippen LogP contribution is 2.39. The summed E-state index contributed by atoms with van der Waals surface area (Å²) in [5.41, 5.74) is 0.976. The first kappa shape index (κ1) is 16.0. The molecule has 1 aliphatic rings. The summed E-state index contributed by atoms with van der Waals surface area (Å²) in [6.45, 7) is 2.17. The minimum Gasteiger partial charge on any atom is -0.497 e. The van der Waals surface area contributed by atoms with E-state index in [0.717, 1.165) is 11.3 Å². The first-order valence-electron chi connectivity index (χ1n) is 7.71. The predicted octanol–water partition coefficient (Wildman–Crippen LogP) is 1.88. The third kappa shape index (κ3) is 3.73. The molecule has 24 heavy (non-hydrogen) atoms. The Morgan fingerprint density at radius 2 is 1.96 bits per heavy atom. The van der Waals surface area contributed by atoms with Gasteiger partial charge in [-0.25, -0.2) is 0 Å².